The number of nitrogens with one attached hydrogen (secondary N) is 1. The van der Waals surface area contributed by atoms with Crippen molar-refractivity contribution in [2.45, 2.75) is 12.8 Å². The van der Waals surface area contributed by atoms with Gasteiger partial charge in [-0.3, -0.25) is 9.59 Å². The molecule has 1 aliphatic carbocycles. The predicted molar refractivity (Wildman–Crippen MR) is 70.0 cm³/mol. The van der Waals surface area contributed by atoms with Crippen molar-refractivity contribution in [1.82, 2.24) is 5.32 Å². The van der Waals surface area contributed by atoms with Crippen LogP contribution in [0.2, 0.25) is 0 Å². The van der Waals surface area contributed by atoms with Crippen LogP contribution < -0.4 is 15.0 Å². The molecule has 5 heteroatoms. The van der Waals surface area contributed by atoms with Crippen LogP contribution in [0.1, 0.15) is 12.8 Å². The second-order valence-electron chi connectivity index (χ2n) is 4.87. The summed E-state index contributed by atoms with van der Waals surface area (Å²) >= 11 is 0. The fraction of sp³-hybridized carbons (Fsp3) is 0.429. The zero-order valence-electron chi connectivity index (χ0n) is 10.6. The fourth-order valence-electron chi connectivity index (χ4n) is 2.18. The van der Waals surface area contributed by atoms with E-state index in [1.54, 1.807) is 4.90 Å². The molecule has 1 N–H and O–H groups in total. The number of ether oxygens (including phenoxy) is 1. The van der Waals surface area contributed by atoms with Gasteiger partial charge in [0, 0.05) is 19.0 Å². The molecule has 1 fully saturated rings. The van der Waals surface area contributed by atoms with E-state index < -0.39 is 0 Å². The number of nitrogens with zero attached hydrogens (tertiary/aromatic N) is 1. The normalized spacial score (nSPS) is 17.7. The predicted octanol–water partition coefficient (Wildman–Crippen LogP) is 0.938. The minimum absolute atomic E-state index is 0.0631. The maximum Gasteiger partial charge on any atom is 0.265 e. The molecule has 1 saturated carbocycles. The highest BCUT2D eigenvalue weighted by Crippen LogP contribution is 2.31. The van der Waals surface area contributed by atoms with Crippen LogP contribution in [0.5, 0.6) is 5.75 Å². The zero-order valence-corrected chi connectivity index (χ0v) is 10.6. The maximum absolute atomic E-state index is 11.9. The number of para-hydroxylation sites is 2. The summed E-state index contributed by atoms with van der Waals surface area (Å²) in [6, 6.07) is 7.45. The van der Waals surface area contributed by atoms with Crippen molar-refractivity contribution < 1.29 is 14.3 Å². The maximum atomic E-state index is 11.9. The topological polar surface area (TPSA) is 58.6 Å². The molecule has 0 atom stereocenters. The zero-order chi connectivity index (χ0) is 13.2. The van der Waals surface area contributed by atoms with Gasteiger partial charge in [0.05, 0.1) is 5.69 Å². The number of hydrogen-bond acceptors (Lipinski definition) is 3. The number of rotatable bonds is 4. The quantitative estimate of drug-likeness (QED) is 0.876. The Balaban J connectivity index is 1.62. The Bertz CT molecular complexity index is 511. The van der Waals surface area contributed by atoms with Crippen molar-refractivity contribution in [3.63, 3.8) is 0 Å². The van der Waals surface area contributed by atoms with Gasteiger partial charge < -0.3 is 15.0 Å². The third-order valence-electron chi connectivity index (χ3n) is 3.39. The van der Waals surface area contributed by atoms with E-state index in [0.717, 1.165) is 24.3 Å². The Hall–Kier alpha value is -2.04. The standard InChI is InChI=1S/C14H16N2O3/c17-13-9-19-12-4-2-1-3-11(12)16(13)8-7-15-14(18)10-5-6-10/h1-4,10H,5-9H2,(H,15,18). The van der Waals surface area contributed by atoms with E-state index in [0.29, 0.717) is 13.1 Å². The van der Waals surface area contributed by atoms with Gasteiger partial charge in [-0.15, -0.1) is 0 Å². The van der Waals surface area contributed by atoms with Crippen molar-refractivity contribution >= 4 is 17.5 Å². The lowest BCUT2D eigenvalue weighted by Gasteiger charge is -2.29. The highest BCUT2D eigenvalue weighted by Gasteiger charge is 2.30. The minimum Gasteiger partial charge on any atom is -0.482 e. The number of carbonyl (C=O) groups is 2. The van der Waals surface area contributed by atoms with E-state index in [9.17, 15) is 9.59 Å². The van der Waals surface area contributed by atoms with E-state index in [1.807, 2.05) is 24.3 Å². The number of anilines is 1. The van der Waals surface area contributed by atoms with Gasteiger partial charge in [-0.2, -0.15) is 0 Å². The SMILES string of the molecule is O=C(NCCN1C(=O)COc2ccccc21)C1CC1. The fourth-order valence-corrected chi connectivity index (χ4v) is 2.18. The number of amides is 2. The molecule has 0 aromatic heterocycles. The lowest BCUT2D eigenvalue weighted by molar-refractivity contribution is -0.123. The van der Waals surface area contributed by atoms with Gasteiger partial charge in [0.25, 0.3) is 5.91 Å². The molecule has 2 amide bonds. The highest BCUT2D eigenvalue weighted by molar-refractivity contribution is 5.97. The summed E-state index contributed by atoms with van der Waals surface area (Å²) in [4.78, 5) is 25.1. The van der Waals surface area contributed by atoms with Crippen molar-refractivity contribution in [3.05, 3.63) is 24.3 Å². The molecule has 3 rings (SSSR count). The van der Waals surface area contributed by atoms with E-state index in [-0.39, 0.29) is 24.3 Å². The van der Waals surface area contributed by atoms with Gasteiger partial charge in [0.2, 0.25) is 5.91 Å². The van der Waals surface area contributed by atoms with Gasteiger partial charge >= 0.3 is 0 Å². The third kappa shape index (κ3) is 2.54. The van der Waals surface area contributed by atoms with Crippen LogP contribution in [-0.4, -0.2) is 31.5 Å². The first kappa shape index (κ1) is 12.0. The molecule has 0 spiro atoms. The molecule has 1 heterocycles. The van der Waals surface area contributed by atoms with Crippen LogP contribution in [0.15, 0.2) is 24.3 Å². The number of benzene rings is 1. The molecule has 5 nitrogen and oxygen atoms in total. The lowest BCUT2D eigenvalue weighted by atomic mass is 10.2. The van der Waals surface area contributed by atoms with Crippen molar-refractivity contribution in [3.8, 4) is 5.75 Å². The Kier molecular flexibility index (Phi) is 3.11. The first-order valence-corrected chi connectivity index (χ1v) is 6.55. The Morgan fingerprint density at radius 1 is 1.37 bits per heavy atom. The van der Waals surface area contributed by atoms with Crippen LogP contribution in [-0.2, 0) is 9.59 Å². The van der Waals surface area contributed by atoms with Crippen molar-refractivity contribution in [1.29, 1.82) is 0 Å². The van der Waals surface area contributed by atoms with E-state index in [4.69, 9.17) is 4.74 Å². The van der Waals surface area contributed by atoms with E-state index in [1.165, 1.54) is 0 Å². The molecule has 100 valence electrons. The minimum atomic E-state index is -0.0700. The Labute approximate surface area is 111 Å². The number of hydrogen-bond donors (Lipinski definition) is 1. The average molecular weight is 260 g/mol. The second-order valence-corrected chi connectivity index (χ2v) is 4.87. The summed E-state index contributed by atoms with van der Waals surface area (Å²) in [5.41, 5.74) is 0.777. The van der Waals surface area contributed by atoms with Gasteiger partial charge in [-0.25, -0.2) is 0 Å². The largest absolute Gasteiger partial charge is 0.482 e. The van der Waals surface area contributed by atoms with Gasteiger partial charge in [-0.1, -0.05) is 12.1 Å². The van der Waals surface area contributed by atoms with Crippen LogP contribution in [0.4, 0.5) is 5.69 Å². The molecule has 1 aliphatic heterocycles. The van der Waals surface area contributed by atoms with E-state index in [2.05, 4.69) is 5.32 Å². The van der Waals surface area contributed by atoms with Crippen LogP contribution in [0, 0.1) is 5.92 Å². The molecular weight excluding hydrogens is 244 g/mol. The summed E-state index contributed by atoms with van der Waals surface area (Å²) < 4.78 is 5.36. The molecular formula is C14H16N2O3. The Morgan fingerprint density at radius 3 is 2.95 bits per heavy atom. The van der Waals surface area contributed by atoms with Crippen molar-refractivity contribution in [2.24, 2.45) is 5.92 Å². The van der Waals surface area contributed by atoms with E-state index >= 15 is 0 Å². The highest BCUT2D eigenvalue weighted by atomic mass is 16.5. The molecule has 2 aliphatic rings. The monoisotopic (exact) mass is 260 g/mol. The molecule has 0 bridgehead atoms. The van der Waals surface area contributed by atoms with Crippen molar-refractivity contribution in [2.75, 3.05) is 24.6 Å². The van der Waals surface area contributed by atoms with Gasteiger partial charge in [0.1, 0.15) is 5.75 Å². The second kappa shape index (κ2) is 4.91. The van der Waals surface area contributed by atoms with Crippen LogP contribution >= 0.6 is 0 Å². The summed E-state index contributed by atoms with van der Waals surface area (Å²) in [6.45, 7) is 1.03. The molecule has 19 heavy (non-hydrogen) atoms. The number of fused-ring (bicyclic) bond motifs is 1. The van der Waals surface area contributed by atoms with Crippen LogP contribution in [0.25, 0.3) is 0 Å². The molecule has 1 aromatic rings. The molecule has 0 radical (unpaired) electrons. The molecule has 0 unspecified atom stereocenters. The summed E-state index contributed by atoms with van der Waals surface area (Å²) in [7, 11) is 0. The third-order valence-corrected chi connectivity index (χ3v) is 3.39. The lowest BCUT2D eigenvalue weighted by Crippen LogP contribution is -2.43. The smallest absolute Gasteiger partial charge is 0.265 e. The van der Waals surface area contributed by atoms with Gasteiger partial charge in [0.15, 0.2) is 6.61 Å². The molecule has 1 aromatic carbocycles. The summed E-state index contributed by atoms with van der Waals surface area (Å²) in [5, 5.41) is 2.87. The van der Waals surface area contributed by atoms with Gasteiger partial charge in [-0.05, 0) is 25.0 Å². The average Bonchev–Trinajstić information content (AvgIpc) is 3.25. The summed E-state index contributed by atoms with van der Waals surface area (Å²) in [6.07, 6.45) is 1.98. The number of carbonyl (C=O) groups excluding carboxylic acids is 2. The Morgan fingerprint density at radius 2 is 2.16 bits per heavy atom. The summed E-state index contributed by atoms with van der Waals surface area (Å²) in [5.74, 6) is 0.955. The molecule has 0 saturated heterocycles. The first-order chi connectivity index (χ1) is 9.25. The van der Waals surface area contributed by atoms with Crippen LogP contribution in [0.3, 0.4) is 0 Å². The first-order valence-electron chi connectivity index (χ1n) is 6.55.